The largest absolute Gasteiger partial charge is 0.366 e. The van der Waals surface area contributed by atoms with Gasteiger partial charge in [0.15, 0.2) is 6.29 Å². The number of hydrogen-bond donors (Lipinski definition) is 2. The van der Waals surface area contributed by atoms with Crippen molar-refractivity contribution in [3.8, 4) is 0 Å². The van der Waals surface area contributed by atoms with E-state index in [1.54, 1.807) is 12.1 Å². The number of nitrogens with two attached hydrogens (primary N) is 2. The van der Waals surface area contributed by atoms with E-state index in [0.717, 1.165) is 0 Å². The lowest BCUT2D eigenvalue weighted by molar-refractivity contribution is 0.0998. The molecule has 0 heterocycles. The van der Waals surface area contributed by atoms with Gasteiger partial charge in [-0.25, -0.2) is 0 Å². The summed E-state index contributed by atoms with van der Waals surface area (Å²) in [4.78, 5) is 33.7. The van der Waals surface area contributed by atoms with Crippen molar-refractivity contribution < 1.29 is 14.4 Å². The van der Waals surface area contributed by atoms with Crippen LogP contribution in [0.15, 0.2) is 30.3 Å². The minimum absolute atomic E-state index is 0.171. The summed E-state index contributed by atoms with van der Waals surface area (Å²) in [5, 5.41) is 0.805. The molecule has 2 aromatic rings. The lowest BCUT2D eigenvalue weighted by atomic mass is 9.95. The van der Waals surface area contributed by atoms with E-state index in [9.17, 15) is 14.4 Å². The monoisotopic (exact) mass is 242 g/mol. The number of carbonyl (C=O) groups excluding carboxylic acids is 3. The summed E-state index contributed by atoms with van der Waals surface area (Å²) < 4.78 is 0. The molecule has 0 aliphatic heterocycles. The van der Waals surface area contributed by atoms with Gasteiger partial charge in [-0.05, 0) is 17.5 Å². The molecule has 0 aliphatic rings. The molecule has 2 aromatic carbocycles. The lowest BCUT2D eigenvalue weighted by Crippen LogP contribution is -2.16. The van der Waals surface area contributed by atoms with E-state index in [1.807, 2.05) is 0 Å². The summed E-state index contributed by atoms with van der Waals surface area (Å²) in [6, 6.07) is 7.63. The van der Waals surface area contributed by atoms with Gasteiger partial charge in [0, 0.05) is 22.1 Å². The second-order valence-corrected chi connectivity index (χ2v) is 3.78. The van der Waals surface area contributed by atoms with Crippen LogP contribution in [0.5, 0.6) is 0 Å². The standard InChI is InChI=1S/C13H10N2O3/c14-12(17)9-3-1-2-8-7(6-16)4-5-10(11(8)9)13(15)18/h1-6H,(H2,14,17)(H2,15,18). The van der Waals surface area contributed by atoms with Gasteiger partial charge in [-0.2, -0.15) is 0 Å². The quantitative estimate of drug-likeness (QED) is 0.779. The van der Waals surface area contributed by atoms with Crippen LogP contribution in [-0.2, 0) is 0 Å². The third kappa shape index (κ3) is 1.71. The zero-order valence-corrected chi connectivity index (χ0v) is 9.34. The molecule has 0 saturated heterocycles. The fourth-order valence-electron chi connectivity index (χ4n) is 1.94. The van der Waals surface area contributed by atoms with Gasteiger partial charge in [-0.3, -0.25) is 14.4 Å². The van der Waals surface area contributed by atoms with Crippen LogP contribution in [0.25, 0.3) is 10.8 Å². The van der Waals surface area contributed by atoms with Crippen molar-refractivity contribution in [2.45, 2.75) is 0 Å². The van der Waals surface area contributed by atoms with E-state index in [2.05, 4.69) is 0 Å². The second-order valence-electron chi connectivity index (χ2n) is 3.78. The Morgan fingerprint density at radius 1 is 0.944 bits per heavy atom. The number of benzene rings is 2. The molecule has 2 rings (SSSR count). The van der Waals surface area contributed by atoms with E-state index < -0.39 is 11.8 Å². The Labute approximate surface area is 102 Å². The van der Waals surface area contributed by atoms with Gasteiger partial charge in [-0.1, -0.05) is 18.2 Å². The average Bonchev–Trinajstić information content (AvgIpc) is 2.36. The predicted octanol–water partition coefficient (Wildman–Crippen LogP) is 0.850. The van der Waals surface area contributed by atoms with Crippen molar-refractivity contribution in [3.05, 3.63) is 47.0 Å². The zero-order valence-electron chi connectivity index (χ0n) is 9.34. The van der Waals surface area contributed by atoms with Crippen LogP contribution in [0.3, 0.4) is 0 Å². The number of fused-ring (bicyclic) bond motifs is 1. The normalized spacial score (nSPS) is 10.2. The zero-order chi connectivity index (χ0) is 13.3. The summed E-state index contributed by atoms with van der Waals surface area (Å²) in [6.07, 6.45) is 0.651. The number of rotatable bonds is 3. The molecule has 0 atom stereocenters. The van der Waals surface area contributed by atoms with Crippen molar-refractivity contribution >= 4 is 28.9 Å². The minimum Gasteiger partial charge on any atom is -0.366 e. The molecule has 4 N–H and O–H groups in total. The number of aldehydes is 1. The highest BCUT2D eigenvalue weighted by molar-refractivity contribution is 6.17. The maximum absolute atomic E-state index is 11.4. The Kier molecular flexibility index (Phi) is 2.81. The molecular formula is C13H10N2O3. The fourth-order valence-corrected chi connectivity index (χ4v) is 1.94. The molecule has 0 spiro atoms. The van der Waals surface area contributed by atoms with Gasteiger partial charge in [-0.15, -0.1) is 0 Å². The Morgan fingerprint density at radius 3 is 2.11 bits per heavy atom. The van der Waals surface area contributed by atoms with Crippen LogP contribution in [0.2, 0.25) is 0 Å². The molecule has 0 aromatic heterocycles. The van der Waals surface area contributed by atoms with Crippen LogP contribution in [0.1, 0.15) is 31.1 Å². The lowest BCUT2D eigenvalue weighted by Gasteiger charge is -2.09. The smallest absolute Gasteiger partial charge is 0.249 e. The molecule has 0 unspecified atom stereocenters. The molecular weight excluding hydrogens is 232 g/mol. The van der Waals surface area contributed by atoms with Crippen molar-refractivity contribution in [3.63, 3.8) is 0 Å². The molecule has 18 heavy (non-hydrogen) atoms. The van der Waals surface area contributed by atoms with E-state index in [1.165, 1.54) is 18.2 Å². The SMILES string of the molecule is NC(=O)c1cccc2c(C=O)ccc(C(N)=O)c12. The average molecular weight is 242 g/mol. The summed E-state index contributed by atoms with van der Waals surface area (Å²) in [7, 11) is 0. The van der Waals surface area contributed by atoms with Crippen LogP contribution >= 0.6 is 0 Å². The first-order valence-corrected chi connectivity index (χ1v) is 5.16. The highest BCUT2D eigenvalue weighted by atomic mass is 16.1. The summed E-state index contributed by atoms with van der Waals surface area (Å²) >= 11 is 0. The van der Waals surface area contributed by atoms with Crippen molar-refractivity contribution in [1.29, 1.82) is 0 Å². The maximum Gasteiger partial charge on any atom is 0.249 e. The van der Waals surface area contributed by atoms with Gasteiger partial charge in [0.2, 0.25) is 11.8 Å². The highest BCUT2D eigenvalue weighted by Crippen LogP contribution is 2.25. The molecule has 0 aliphatic carbocycles. The van der Waals surface area contributed by atoms with Gasteiger partial charge < -0.3 is 11.5 Å². The van der Waals surface area contributed by atoms with Crippen LogP contribution < -0.4 is 11.5 Å². The number of amides is 2. The summed E-state index contributed by atoms with van der Waals surface area (Å²) in [5.41, 5.74) is 11.2. The molecule has 0 bridgehead atoms. The van der Waals surface area contributed by atoms with Gasteiger partial charge in [0.05, 0.1) is 0 Å². The molecule has 0 radical (unpaired) electrons. The first-order chi connectivity index (χ1) is 8.56. The number of hydrogen-bond acceptors (Lipinski definition) is 3. The third-order valence-electron chi connectivity index (χ3n) is 2.73. The second kappa shape index (κ2) is 4.29. The first kappa shape index (κ1) is 11.8. The van der Waals surface area contributed by atoms with Crippen LogP contribution in [-0.4, -0.2) is 18.1 Å². The van der Waals surface area contributed by atoms with E-state index in [-0.39, 0.29) is 11.1 Å². The van der Waals surface area contributed by atoms with Gasteiger partial charge >= 0.3 is 0 Å². The number of carbonyl (C=O) groups is 3. The van der Waals surface area contributed by atoms with Crippen LogP contribution in [0, 0.1) is 0 Å². The first-order valence-electron chi connectivity index (χ1n) is 5.16. The Morgan fingerprint density at radius 2 is 1.56 bits per heavy atom. The molecule has 90 valence electrons. The summed E-state index contributed by atoms with van der Waals surface area (Å²) in [5.74, 6) is -1.35. The molecule has 0 fully saturated rings. The Hall–Kier alpha value is -2.69. The predicted molar refractivity (Wildman–Crippen MR) is 66.4 cm³/mol. The molecule has 5 nitrogen and oxygen atoms in total. The maximum atomic E-state index is 11.4. The highest BCUT2D eigenvalue weighted by Gasteiger charge is 2.15. The topological polar surface area (TPSA) is 103 Å². The van der Waals surface area contributed by atoms with E-state index in [4.69, 9.17) is 11.5 Å². The van der Waals surface area contributed by atoms with Crippen molar-refractivity contribution in [2.24, 2.45) is 11.5 Å². The van der Waals surface area contributed by atoms with Crippen LogP contribution in [0.4, 0.5) is 0 Å². The summed E-state index contributed by atoms with van der Waals surface area (Å²) in [6.45, 7) is 0. The third-order valence-corrected chi connectivity index (χ3v) is 2.73. The molecule has 5 heteroatoms. The fraction of sp³-hybridized carbons (Fsp3) is 0. The minimum atomic E-state index is -0.675. The number of primary amides is 2. The van der Waals surface area contributed by atoms with Crippen molar-refractivity contribution in [2.75, 3.05) is 0 Å². The molecule has 0 saturated carbocycles. The van der Waals surface area contributed by atoms with E-state index in [0.29, 0.717) is 22.6 Å². The molecule has 2 amide bonds. The van der Waals surface area contributed by atoms with E-state index >= 15 is 0 Å². The van der Waals surface area contributed by atoms with Crippen molar-refractivity contribution in [1.82, 2.24) is 0 Å². The Balaban J connectivity index is 3.01. The Bertz CT molecular complexity index is 657. The van der Waals surface area contributed by atoms with Gasteiger partial charge in [0.25, 0.3) is 0 Å². The van der Waals surface area contributed by atoms with Gasteiger partial charge in [0.1, 0.15) is 0 Å².